The second kappa shape index (κ2) is 3.87. The molecule has 1 heterocycles. The van der Waals surface area contributed by atoms with Crippen LogP contribution in [0.25, 0.3) is 5.57 Å². The number of fused-ring (bicyclic) bond motifs is 1. The lowest BCUT2D eigenvalue weighted by Crippen LogP contribution is -2.10. The maximum Gasteiger partial charge on any atom is 0.335 e. The Morgan fingerprint density at radius 2 is 2.20 bits per heavy atom. The molecule has 1 N–H and O–H groups in total. The highest BCUT2D eigenvalue weighted by molar-refractivity contribution is 6.14. The molecule has 0 unspecified atom stereocenters. The van der Waals surface area contributed by atoms with E-state index < -0.39 is 5.97 Å². The number of carboxylic acid groups (broad SMARTS) is 1. The van der Waals surface area contributed by atoms with Gasteiger partial charge in [-0.2, -0.15) is 0 Å². The van der Waals surface area contributed by atoms with Gasteiger partial charge in [0.25, 0.3) is 0 Å². The Labute approximate surface area is 88.0 Å². The van der Waals surface area contributed by atoms with E-state index in [0.29, 0.717) is 18.8 Å². The summed E-state index contributed by atoms with van der Waals surface area (Å²) in [6, 6.07) is 5.59. The number of carboxylic acids is 1. The van der Waals surface area contributed by atoms with Gasteiger partial charge in [0.1, 0.15) is 0 Å². The Morgan fingerprint density at radius 1 is 1.40 bits per heavy atom. The Hall–Kier alpha value is -1.61. The second-order valence-corrected chi connectivity index (χ2v) is 3.57. The molecule has 1 aliphatic rings. The topological polar surface area (TPSA) is 46.5 Å². The van der Waals surface area contributed by atoms with Crippen molar-refractivity contribution in [2.24, 2.45) is 0 Å². The normalized spacial score (nSPS) is 14.4. The molecule has 0 bridgehead atoms. The first-order chi connectivity index (χ1) is 7.18. The van der Waals surface area contributed by atoms with Crippen molar-refractivity contribution >= 4 is 11.5 Å². The average molecular weight is 204 g/mol. The van der Waals surface area contributed by atoms with Crippen molar-refractivity contribution in [3.05, 3.63) is 41.5 Å². The van der Waals surface area contributed by atoms with E-state index in [2.05, 4.69) is 6.58 Å². The van der Waals surface area contributed by atoms with E-state index in [1.165, 1.54) is 5.56 Å². The minimum atomic E-state index is -0.970. The van der Waals surface area contributed by atoms with Crippen molar-refractivity contribution in [1.82, 2.24) is 0 Å². The summed E-state index contributed by atoms with van der Waals surface area (Å²) in [6.07, 6.45) is 0.843. The molecular formula is C12H12O3. The fraction of sp³-hybridized carbons (Fsp3) is 0.250. The molecular weight excluding hydrogens is 192 g/mol. The van der Waals surface area contributed by atoms with Crippen LogP contribution in [0.3, 0.4) is 0 Å². The van der Waals surface area contributed by atoms with Crippen molar-refractivity contribution in [2.45, 2.75) is 13.0 Å². The van der Waals surface area contributed by atoms with Crippen molar-refractivity contribution in [1.29, 1.82) is 0 Å². The number of hydrogen-bond donors (Lipinski definition) is 1. The fourth-order valence-corrected chi connectivity index (χ4v) is 1.67. The number of hydrogen-bond acceptors (Lipinski definition) is 2. The molecule has 1 aromatic rings. The van der Waals surface area contributed by atoms with Gasteiger partial charge in [-0.15, -0.1) is 0 Å². The van der Waals surface area contributed by atoms with Crippen LogP contribution in [0.1, 0.15) is 16.7 Å². The van der Waals surface area contributed by atoms with Crippen LogP contribution in [-0.2, 0) is 22.6 Å². The van der Waals surface area contributed by atoms with Crippen LogP contribution in [-0.4, -0.2) is 17.7 Å². The fourth-order valence-electron chi connectivity index (χ4n) is 1.67. The van der Waals surface area contributed by atoms with Gasteiger partial charge < -0.3 is 9.84 Å². The van der Waals surface area contributed by atoms with E-state index >= 15 is 0 Å². The SMILES string of the molecule is C=C(C(=O)O)c1ccc2c(c1)CCOC2. The van der Waals surface area contributed by atoms with Crippen molar-refractivity contribution in [3.63, 3.8) is 0 Å². The first-order valence-electron chi connectivity index (χ1n) is 4.80. The molecule has 15 heavy (non-hydrogen) atoms. The summed E-state index contributed by atoms with van der Waals surface area (Å²) in [5.41, 5.74) is 3.14. The highest BCUT2D eigenvalue weighted by Gasteiger charge is 2.13. The third kappa shape index (κ3) is 1.92. The van der Waals surface area contributed by atoms with Crippen LogP contribution in [0.2, 0.25) is 0 Å². The summed E-state index contributed by atoms with van der Waals surface area (Å²) < 4.78 is 5.30. The predicted molar refractivity (Wildman–Crippen MR) is 56.5 cm³/mol. The summed E-state index contributed by atoms with van der Waals surface area (Å²) in [5, 5.41) is 8.82. The maximum atomic E-state index is 10.7. The lowest BCUT2D eigenvalue weighted by molar-refractivity contribution is -0.130. The Kier molecular flexibility index (Phi) is 2.56. The average Bonchev–Trinajstić information content (AvgIpc) is 2.27. The molecule has 1 aliphatic heterocycles. The summed E-state index contributed by atoms with van der Waals surface area (Å²) >= 11 is 0. The molecule has 1 aromatic carbocycles. The van der Waals surface area contributed by atoms with Gasteiger partial charge in [0.2, 0.25) is 0 Å². The van der Waals surface area contributed by atoms with Gasteiger partial charge in [-0.1, -0.05) is 24.8 Å². The molecule has 3 heteroatoms. The van der Waals surface area contributed by atoms with E-state index in [1.807, 2.05) is 12.1 Å². The lowest BCUT2D eigenvalue weighted by atomic mass is 9.97. The van der Waals surface area contributed by atoms with E-state index in [-0.39, 0.29) is 5.57 Å². The van der Waals surface area contributed by atoms with Crippen LogP contribution in [0, 0.1) is 0 Å². The second-order valence-electron chi connectivity index (χ2n) is 3.57. The van der Waals surface area contributed by atoms with Crippen molar-refractivity contribution in [2.75, 3.05) is 6.61 Å². The largest absolute Gasteiger partial charge is 0.478 e. The zero-order valence-corrected chi connectivity index (χ0v) is 8.32. The summed E-state index contributed by atoms with van der Waals surface area (Å²) in [4.78, 5) is 10.7. The van der Waals surface area contributed by atoms with E-state index in [4.69, 9.17) is 9.84 Å². The molecule has 0 aliphatic carbocycles. The minimum Gasteiger partial charge on any atom is -0.478 e. The zero-order valence-electron chi connectivity index (χ0n) is 8.32. The molecule has 0 saturated carbocycles. The molecule has 3 nitrogen and oxygen atoms in total. The van der Waals surface area contributed by atoms with E-state index in [0.717, 1.165) is 12.0 Å². The minimum absolute atomic E-state index is 0.143. The molecule has 0 saturated heterocycles. The molecule has 0 aromatic heterocycles. The number of benzene rings is 1. The van der Waals surface area contributed by atoms with E-state index in [1.54, 1.807) is 6.07 Å². The maximum absolute atomic E-state index is 10.7. The highest BCUT2D eigenvalue weighted by Crippen LogP contribution is 2.21. The van der Waals surface area contributed by atoms with Crippen LogP contribution < -0.4 is 0 Å². The van der Waals surface area contributed by atoms with Crippen molar-refractivity contribution < 1.29 is 14.6 Å². The van der Waals surface area contributed by atoms with Gasteiger partial charge in [-0.3, -0.25) is 0 Å². The monoisotopic (exact) mass is 204 g/mol. The number of carbonyl (C=O) groups is 1. The van der Waals surface area contributed by atoms with Crippen LogP contribution in [0.15, 0.2) is 24.8 Å². The van der Waals surface area contributed by atoms with Crippen molar-refractivity contribution in [3.8, 4) is 0 Å². The Morgan fingerprint density at radius 3 is 2.93 bits per heavy atom. The van der Waals surface area contributed by atoms with Gasteiger partial charge in [0.05, 0.1) is 18.8 Å². The first-order valence-corrected chi connectivity index (χ1v) is 4.80. The van der Waals surface area contributed by atoms with Gasteiger partial charge >= 0.3 is 5.97 Å². The Bertz CT molecular complexity index is 421. The molecule has 0 atom stereocenters. The van der Waals surface area contributed by atoms with Crippen LogP contribution in [0.4, 0.5) is 0 Å². The van der Waals surface area contributed by atoms with Crippen LogP contribution in [0.5, 0.6) is 0 Å². The molecule has 78 valence electrons. The zero-order chi connectivity index (χ0) is 10.8. The predicted octanol–water partition coefficient (Wildman–Crippen LogP) is 1.86. The molecule has 0 spiro atoms. The number of ether oxygens (including phenoxy) is 1. The molecule has 0 fully saturated rings. The van der Waals surface area contributed by atoms with Gasteiger partial charge in [-0.05, 0) is 23.1 Å². The van der Waals surface area contributed by atoms with Crippen LogP contribution >= 0.6 is 0 Å². The smallest absolute Gasteiger partial charge is 0.335 e. The molecule has 0 amide bonds. The van der Waals surface area contributed by atoms with Gasteiger partial charge in [0, 0.05) is 0 Å². The lowest BCUT2D eigenvalue weighted by Gasteiger charge is -2.17. The van der Waals surface area contributed by atoms with E-state index in [9.17, 15) is 4.79 Å². The standard InChI is InChI=1S/C12H12O3/c1-8(12(13)14)9-2-3-11-7-15-5-4-10(11)6-9/h2-3,6H,1,4-5,7H2,(H,13,14). The summed E-state index contributed by atoms with van der Waals surface area (Å²) in [7, 11) is 0. The third-order valence-corrected chi connectivity index (χ3v) is 2.59. The summed E-state index contributed by atoms with van der Waals surface area (Å²) in [5.74, 6) is -0.970. The third-order valence-electron chi connectivity index (χ3n) is 2.59. The quantitative estimate of drug-likeness (QED) is 0.748. The number of aliphatic carboxylic acids is 1. The molecule has 0 radical (unpaired) electrons. The Balaban J connectivity index is 2.36. The summed E-state index contributed by atoms with van der Waals surface area (Å²) in [6.45, 7) is 4.87. The molecule has 2 rings (SSSR count). The number of rotatable bonds is 2. The highest BCUT2D eigenvalue weighted by atomic mass is 16.5. The van der Waals surface area contributed by atoms with Gasteiger partial charge in [-0.25, -0.2) is 4.79 Å². The van der Waals surface area contributed by atoms with Gasteiger partial charge in [0.15, 0.2) is 0 Å². The first kappa shape index (κ1) is 9.93.